The summed E-state index contributed by atoms with van der Waals surface area (Å²) in [7, 11) is 0. The molecule has 84 valence electrons. The molecule has 0 unspecified atom stereocenters. The van der Waals surface area contributed by atoms with Crippen LogP contribution in [0.4, 0.5) is 0 Å². The standard InChI is InChI=1S/C14H16O2/c15-10-2-3-12-6-8-13(9-7-12)11-16-14-4-1-5-14/h6-9,14-15H,1,4-5,10-11H2. The third-order valence-corrected chi connectivity index (χ3v) is 2.80. The van der Waals surface area contributed by atoms with Gasteiger partial charge in [-0.15, -0.1) is 0 Å². The molecule has 0 amide bonds. The molecule has 2 nitrogen and oxygen atoms in total. The van der Waals surface area contributed by atoms with Crippen LogP contribution in [0.5, 0.6) is 0 Å². The predicted octanol–water partition coefficient (Wildman–Crippen LogP) is 2.10. The Labute approximate surface area is 96.3 Å². The van der Waals surface area contributed by atoms with Crippen LogP contribution in [0.15, 0.2) is 24.3 Å². The molecule has 1 fully saturated rings. The summed E-state index contributed by atoms with van der Waals surface area (Å²) in [5.41, 5.74) is 2.11. The van der Waals surface area contributed by atoms with Crippen molar-refractivity contribution in [2.75, 3.05) is 6.61 Å². The summed E-state index contributed by atoms with van der Waals surface area (Å²) in [6.07, 6.45) is 4.20. The molecule has 0 atom stereocenters. The van der Waals surface area contributed by atoms with Crippen molar-refractivity contribution >= 4 is 0 Å². The van der Waals surface area contributed by atoms with E-state index in [0.29, 0.717) is 12.7 Å². The first-order chi connectivity index (χ1) is 7.88. The van der Waals surface area contributed by atoms with Crippen LogP contribution in [0.3, 0.4) is 0 Å². The summed E-state index contributed by atoms with van der Waals surface area (Å²) >= 11 is 0. The normalized spacial score (nSPS) is 15.1. The zero-order valence-corrected chi connectivity index (χ0v) is 9.28. The summed E-state index contributed by atoms with van der Waals surface area (Å²) < 4.78 is 5.71. The lowest BCUT2D eigenvalue weighted by molar-refractivity contribution is -0.00866. The van der Waals surface area contributed by atoms with Gasteiger partial charge >= 0.3 is 0 Å². The molecule has 0 bridgehead atoms. The van der Waals surface area contributed by atoms with E-state index in [1.165, 1.54) is 24.8 Å². The van der Waals surface area contributed by atoms with Crippen molar-refractivity contribution in [3.05, 3.63) is 35.4 Å². The lowest BCUT2D eigenvalue weighted by atomic mass is 9.96. The maximum Gasteiger partial charge on any atom is 0.104 e. The van der Waals surface area contributed by atoms with Crippen molar-refractivity contribution < 1.29 is 9.84 Å². The Kier molecular flexibility index (Phi) is 3.98. The molecule has 0 aromatic heterocycles. The molecule has 0 heterocycles. The molecule has 1 aliphatic rings. The van der Waals surface area contributed by atoms with Gasteiger partial charge in [0.15, 0.2) is 0 Å². The summed E-state index contributed by atoms with van der Waals surface area (Å²) in [5.74, 6) is 5.49. The summed E-state index contributed by atoms with van der Waals surface area (Å²) in [6.45, 7) is 0.602. The van der Waals surface area contributed by atoms with Crippen LogP contribution < -0.4 is 0 Å². The summed E-state index contributed by atoms with van der Waals surface area (Å²) in [4.78, 5) is 0. The number of rotatable bonds is 3. The predicted molar refractivity (Wildman–Crippen MR) is 62.8 cm³/mol. The van der Waals surface area contributed by atoms with Crippen LogP contribution in [0, 0.1) is 11.8 Å². The van der Waals surface area contributed by atoms with Gasteiger partial charge in [-0.25, -0.2) is 0 Å². The highest BCUT2D eigenvalue weighted by atomic mass is 16.5. The molecular formula is C14H16O2. The van der Waals surface area contributed by atoms with E-state index in [0.717, 1.165) is 5.56 Å². The smallest absolute Gasteiger partial charge is 0.104 e. The van der Waals surface area contributed by atoms with Crippen LogP contribution in [-0.2, 0) is 11.3 Å². The number of benzene rings is 1. The number of hydrogen-bond acceptors (Lipinski definition) is 2. The van der Waals surface area contributed by atoms with Crippen molar-refractivity contribution in [3.63, 3.8) is 0 Å². The minimum atomic E-state index is -0.0907. The van der Waals surface area contributed by atoms with Gasteiger partial charge in [-0.05, 0) is 37.0 Å². The van der Waals surface area contributed by atoms with Crippen LogP contribution in [0.25, 0.3) is 0 Å². The van der Waals surface area contributed by atoms with E-state index in [1.54, 1.807) is 0 Å². The van der Waals surface area contributed by atoms with Crippen LogP contribution >= 0.6 is 0 Å². The zero-order valence-electron chi connectivity index (χ0n) is 9.28. The molecule has 0 aliphatic heterocycles. The van der Waals surface area contributed by atoms with E-state index in [1.807, 2.05) is 24.3 Å². The van der Waals surface area contributed by atoms with Crippen LogP contribution in [0.1, 0.15) is 30.4 Å². The Hall–Kier alpha value is -1.30. The minimum absolute atomic E-state index is 0.0907. The number of aliphatic hydroxyl groups is 1. The van der Waals surface area contributed by atoms with E-state index >= 15 is 0 Å². The molecule has 1 aromatic carbocycles. The first-order valence-electron chi connectivity index (χ1n) is 5.69. The fourth-order valence-corrected chi connectivity index (χ4v) is 1.58. The zero-order chi connectivity index (χ0) is 11.2. The Bertz CT molecular complexity index is 379. The van der Waals surface area contributed by atoms with Gasteiger partial charge in [-0.1, -0.05) is 24.0 Å². The van der Waals surface area contributed by atoms with Gasteiger partial charge in [0.05, 0.1) is 12.7 Å². The second kappa shape index (κ2) is 5.69. The Balaban J connectivity index is 1.85. The lowest BCUT2D eigenvalue weighted by Crippen LogP contribution is -2.21. The van der Waals surface area contributed by atoms with Crippen molar-refractivity contribution in [1.82, 2.24) is 0 Å². The Morgan fingerprint density at radius 2 is 2.00 bits per heavy atom. The van der Waals surface area contributed by atoms with Crippen LogP contribution in [0.2, 0.25) is 0 Å². The molecule has 2 heteroatoms. The van der Waals surface area contributed by atoms with Crippen molar-refractivity contribution in [2.45, 2.75) is 32.0 Å². The molecular weight excluding hydrogens is 200 g/mol. The van der Waals surface area contributed by atoms with Crippen molar-refractivity contribution in [1.29, 1.82) is 0 Å². The third kappa shape index (κ3) is 3.10. The van der Waals surface area contributed by atoms with E-state index in [2.05, 4.69) is 11.8 Å². The largest absolute Gasteiger partial charge is 0.384 e. The maximum absolute atomic E-state index is 8.57. The first-order valence-corrected chi connectivity index (χ1v) is 5.69. The highest BCUT2D eigenvalue weighted by Crippen LogP contribution is 2.23. The minimum Gasteiger partial charge on any atom is -0.384 e. The molecule has 0 spiro atoms. The quantitative estimate of drug-likeness (QED) is 0.784. The van der Waals surface area contributed by atoms with Crippen molar-refractivity contribution in [3.8, 4) is 11.8 Å². The third-order valence-electron chi connectivity index (χ3n) is 2.80. The van der Waals surface area contributed by atoms with E-state index < -0.39 is 0 Å². The average molecular weight is 216 g/mol. The lowest BCUT2D eigenvalue weighted by Gasteiger charge is -2.25. The molecule has 0 radical (unpaired) electrons. The van der Waals surface area contributed by atoms with Gasteiger partial charge in [0, 0.05) is 5.56 Å². The van der Waals surface area contributed by atoms with Gasteiger partial charge < -0.3 is 9.84 Å². The highest BCUT2D eigenvalue weighted by Gasteiger charge is 2.17. The molecule has 1 aliphatic carbocycles. The molecule has 0 saturated heterocycles. The number of hydrogen-bond donors (Lipinski definition) is 1. The summed E-state index contributed by atoms with van der Waals surface area (Å²) in [5, 5.41) is 8.57. The number of ether oxygens (including phenoxy) is 1. The molecule has 1 N–H and O–H groups in total. The van der Waals surface area contributed by atoms with Crippen LogP contribution in [-0.4, -0.2) is 17.8 Å². The van der Waals surface area contributed by atoms with E-state index in [4.69, 9.17) is 9.84 Å². The Morgan fingerprint density at radius 1 is 1.25 bits per heavy atom. The second-order valence-electron chi connectivity index (χ2n) is 4.02. The molecule has 2 rings (SSSR count). The Morgan fingerprint density at radius 3 is 2.56 bits per heavy atom. The highest BCUT2D eigenvalue weighted by molar-refractivity contribution is 5.36. The SMILES string of the molecule is OCC#Cc1ccc(COC2CCC2)cc1. The van der Waals surface area contributed by atoms with E-state index in [-0.39, 0.29) is 6.61 Å². The molecule has 1 aromatic rings. The summed E-state index contributed by atoms with van der Waals surface area (Å²) in [6, 6.07) is 7.98. The number of aliphatic hydroxyl groups excluding tert-OH is 1. The van der Waals surface area contributed by atoms with Gasteiger partial charge in [0.2, 0.25) is 0 Å². The van der Waals surface area contributed by atoms with Gasteiger partial charge in [0.1, 0.15) is 6.61 Å². The van der Waals surface area contributed by atoms with Gasteiger partial charge in [0.25, 0.3) is 0 Å². The van der Waals surface area contributed by atoms with Gasteiger partial charge in [-0.2, -0.15) is 0 Å². The topological polar surface area (TPSA) is 29.5 Å². The van der Waals surface area contributed by atoms with Crippen molar-refractivity contribution in [2.24, 2.45) is 0 Å². The fraction of sp³-hybridized carbons (Fsp3) is 0.429. The average Bonchev–Trinajstić information content (AvgIpc) is 2.26. The van der Waals surface area contributed by atoms with Gasteiger partial charge in [-0.3, -0.25) is 0 Å². The fourth-order valence-electron chi connectivity index (χ4n) is 1.58. The van der Waals surface area contributed by atoms with E-state index in [9.17, 15) is 0 Å². The molecule has 16 heavy (non-hydrogen) atoms. The first kappa shape index (κ1) is 11.2. The second-order valence-corrected chi connectivity index (χ2v) is 4.02. The maximum atomic E-state index is 8.57. The molecule has 1 saturated carbocycles. The monoisotopic (exact) mass is 216 g/mol.